The minimum absolute atomic E-state index is 0.478. The molecule has 0 radical (unpaired) electrons. The first-order valence-corrected chi connectivity index (χ1v) is 6.41. The lowest BCUT2D eigenvalue weighted by molar-refractivity contribution is 0.466. The highest BCUT2D eigenvalue weighted by molar-refractivity contribution is 6.39. The van der Waals surface area contributed by atoms with Crippen LogP contribution in [0, 0.1) is 0 Å². The average molecular weight is 259 g/mol. The zero-order chi connectivity index (χ0) is 11.5. The molecular weight excluding hydrogens is 243 g/mol. The lowest BCUT2D eigenvalue weighted by Crippen LogP contribution is -2.51. The lowest BCUT2D eigenvalue weighted by atomic mass is 10.1. The molecule has 0 spiro atoms. The molecule has 0 saturated carbocycles. The Balaban J connectivity index is 2.34. The molecule has 1 aromatic carbocycles. The topological polar surface area (TPSA) is 15.3 Å². The van der Waals surface area contributed by atoms with Crippen LogP contribution in [0.2, 0.25) is 10.0 Å². The number of hydrogen-bond acceptors (Lipinski definition) is 2. The van der Waals surface area contributed by atoms with Crippen molar-refractivity contribution in [1.29, 1.82) is 0 Å². The minimum atomic E-state index is 0.478. The summed E-state index contributed by atoms with van der Waals surface area (Å²) in [4.78, 5) is 2.32. The fraction of sp³-hybridized carbons (Fsp3) is 0.500. The quantitative estimate of drug-likeness (QED) is 0.877. The largest absolute Gasteiger partial charge is 0.364 e. The van der Waals surface area contributed by atoms with Crippen LogP contribution >= 0.6 is 23.2 Å². The van der Waals surface area contributed by atoms with Gasteiger partial charge < -0.3 is 10.2 Å². The van der Waals surface area contributed by atoms with Gasteiger partial charge in [-0.05, 0) is 18.6 Å². The van der Waals surface area contributed by atoms with Gasteiger partial charge in [0.15, 0.2) is 0 Å². The molecular formula is C12H16Cl2N2. The maximum Gasteiger partial charge on any atom is 0.0748 e. The standard InChI is InChI=1S/C12H16Cl2N2/c1-2-9-8-15-6-7-16(9)12-10(13)4-3-5-11(12)14/h3-5,9,15H,2,6-8H2,1H3. The molecule has 0 aromatic heterocycles. The van der Waals surface area contributed by atoms with Crippen LogP contribution in [0.1, 0.15) is 13.3 Å². The molecule has 0 amide bonds. The van der Waals surface area contributed by atoms with E-state index in [1.807, 2.05) is 18.2 Å². The van der Waals surface area contributed by atoms with Gasteiger partial charge >= 0.3 is 0 Å². The summed E-state index contributed by atoms with van der Waals surface area (Å²) in [5.41, 5.74) is 0.985. The first-order valence-electron chi connectivity index (χ1n) is 5.65. The number of rotatable bonds is 2. The molecule has 4 heteroatoms. The van der Waals surface area contributed by atoms with Gasteiger partial charge in [0.2, 0.25) is 0 Å². The normalized spacial score (nSPS) is 21.2. The smallest absolute Gasteiger partial charge is 0.0748 e. The van der Waals surface area contributed by atoms with E-state index >= 15 is 0 Å². The van der Waals surface area contributed by atoms with Crippen molar-refractivity contribution < 1.29 is 0 Å². The highest BCUT2D eigenvalue weighted by Gasteiger charge is 2.24. The second-order valence-electron chi connectivity index (χ2n) is 4.03. The van der Waals surface area contributed by atoms with Crippen molar-refractivity contribution in [3.63, 3.8) is 0 Å². The van der Waals surface area contributed by atoms with Gasteiger partial charge in [0.05, 0.1) is 15.7 Å². The SMILES string of the molecule is CCC1CNCCN1c1c(Cl)cccc1Cl. The van der Waals surface area contributed by atoms with E-state index in [9.17, 15) is 0 Å². The van der Waals surface area contributed by atoms with Crippen molar-refractivity contribution in [1.82, 2.24) is 5.32 Å². The Labute approximate surface area is 107 Å². The van der Waals surface area contributed by atoms with Gasteiger partial charge in [0, 0.05) is 25.7 Å². The summed E-state index contributed by atoms with van der Waals surface area (Å²) in [5.74, 6) is 0. The summed E-state index contributed by atoms with van der Waals surface area (Å²) in [6.45, 7) is 5.13. The van der Waals surface area contributed by atoms with E-state index in [2.05, 4.69) is 17.1 Å². The van der Waals surface area contributed by atoms with Gasteiger partial charge in [-0.25, -0.2) is 0 Å². The Morgan fingerprint density at radius 1 is 1.38 bits per heavy atom. The average Bonchev–Trinajstić information content (AvgIpc) is 2.29. The van der Waals surface area contributed by atoms with Crippen LogP contribution in [0.15, 0.2) is 18.2 Å². The van der Waals surface area contributed by atoms with Crippen molar-refractivity contribution in [2.24, 2.45) is 0 Å². The fourth-order valence-corrected chi connectivity index (χ4v) is 2.80. The predicted molar refractivity (Wildman–Crippen MR) is 70.8 cm³/mol. The van der Waals surface area contributed by atoms with E-state index < -0.39 is 0 Å². The summed E-state index contributed by atoms with van der Waals surface area (Å²) in [6, 6.07) is 6.16. The van der Waals surface area contributed by atoms with Crippen LogP contribution in [-0.2, 0) is 0 Å². The van der Waals surface area contributed by atoms with Gasteiger partial charge in [-0.3, -0.25) is 0 Å². The summed E-state index contributed by atoms with van der Waals surface area (Å²) in [6.07, 6.45) is 1.09. The third-order valence-electron chi connectivity index (χ3n) is 3.05. The second kappa shape index (κ2) is 5.26. The zero-order valence-corrected chi connectivity index (χ0v) is 10.9. The Bertz CT molecular complexity index is 348. The predicted octanol–water partition coefficient (Wildman–Crippen LogP) is 3.18. The number of piperazine rings is 1. The number of nitrogens with zero attached hydrogens (tertiary/aromatic N) is 1. The summed E-state index contributed by atoms with van der Waals surface area (Å²) in [5, 5.41) is 4.88. The van der Waals surface area contributed by atoms with Crippen molar-refractivity contribution in [2.45, 2.75) is 19.4 Å². The number of nitrogens with one attached hydrogen (secondary N) is 1. The zero-order valence-electron chi connectivity index (χ0n) is 9.34. The Kier molecular flexibility index (Phi) is 3.95. The maximum absolute atomic E-state index is 6.24. The van der Waals surface area contributed by atoms with Gasteiger partial charge in [-0.1, -0.05) is 36.2 Å². The molecule has 2 rings (SSSR count). The van der Waals surface area contributed by atoms with Gasteiger partial charge in [-0.15, -0.1) is 0 Å². The highest BCUT2D eigenvalue weighted by atomic mass is 35.5. The van der Waals surface area contributed by atoms with Crippen LogP contribution in [0.25, 0.3) is 0 Å². The molecule has 1 aromatic rings. The van der Waals surface area contributed by atoms with Crippen molar-refractivity contribution in [2.75, 3.05) is 24.5 Å². The molecule has 1 heterocycles. The molecule has 0 aliphatic carbocycles. The fourth-order valence-electron chi connectivity index (χ4n) is 2.18. The van der Waals surface area contributed by atoms with Crippen LogP contribution in [0.3, 0.4) is 0 Å². The number of hydrogen-bond donors (Lipinski definition) is 1. The second-order valence-corrected chi connectivity index (χ2v) is 4.84. The molecule has 1 N–H and O–H groups in total. The van der Waals surface area contributed by atoms with Gasteiger partial charge in [0.25, 0.3) is 0 Å². The van der Waals surface area contributed by atoms with E-state index in [-0.39, 0.29) is 0 Å². The van der Waals surface area contributed by atoms with E-state index in [1.54, 1.807) is 0 Å². The molecule has 1 aliphatic heterocycles. The summed E-state index contributed by atoms with van der Waals surface area (Å²) in [7, 11) is 0. The number of anilines is 1. The van der Waals surface area contributed by atoms with Crippen LogP contribution < -0.4 is 10.2 Å². The molecule has 16 heavy (non-hydrogen) atoms. The Morgan fingerprint density at radius 3 is 2.69 bits per heavy atom. The van der Waals surface area contributed by atoms with E-state index in [1.165, 1.54) is 0 Å². The minimum Gasteiger partial charge on any atom is -0.364 e. The number of para-hydroxylation sites is 1. The van der Waals surface area contributed by atoms with E-state index in [4.69, 9.17) is 23.2 Å². The molecule has 1 atom stereocenters. The van der Waals surface area contributed by atoms with Crippen molar-refractivity contribution >= 4 is 28.9 Å². The maximum atomic E-state index is 6.24. The number of halogens is 2. The first-order chi connectivity index (χ1) is 7.74. The van der Waals surface area contributed by atoms with Crippen LogP contribution in [0.4, 0.5) is 5.69 Å². The molecule has 88 valence electrons. The summed E-state index contributed by atoms with van der Waals surface area (Å²) < 4.78 is 0. The van der Waals surface area contributed by atoms with Crippen LogP contribution in [-0.4, -0.2) is 25.7 Å². The molecule has 1 unspecified atom stereocenters. The Hall–Kier alpha value is -0.440. The molecule has 0 bridgehead atoms. The van der Waals surface area contributed by atoms with Gasteiger partial charge in [-0.2, -0.15) is 0 Å². The molecule has 2 nitrogen and oxygen atoms in total. The third-order valence-corrected chi connectivity index (χ3v) is 3.66. The number of benzene rings is 1. The van der Waals surface area contributed by atoms with E-state index in [0.717, 1.165) is 41.8 Å². The van der Waals surface area contributed by atoms with Crippen molar-refractivity contribution in [3.05, 3.63) is 28.2 Å². The Morgan fingerprint density at radius 2 is 2.06 bits per heavy atom. The highest BCUT2D eigenvalue weighted by Crippen LogP contribution is 2.35. The summed E-state index contributed by atoms with van der Waals surface area (Å²) >= 11 is 12.5. The monoisotopic (exact) mass is 258 g/mol. The molecule has 1 aliphatic rings. The molecule has 1 fully saturated rings. The van der Waals surface area contributed by atoms with Gasteiger partial charge in [0.1, 0.15) is 0 Å². The lowest BCUT2D eigenvalue weighted by Gasteiger charge is -2.38. The third kappa shape index (κ3) is 2.29. The van der Waals surface area contributed by atoms with Crippen LogP contribution in [0.5, 0.6) is 0 Å². The first kappa shape index (κ1) is 12.0. The van der Waals surface area contributed by atoms with Crippen molar-refractivity contribution in [3.8, 4) is 0 Å². The molecule has 1 saturated heterocycles. The van der Waals surface area contributed by atoms with E-state index in [0.29, 0.717) is 6.04 Å².